The second-order valence-corrected chi connectivity index (χ2v) is 9.60. The third kappa shape index (κ3) is 5.48. The molecular weight excluding hydrogens is 508 g/mol. The van der Waals surface area contributed by atoms with Crippen molar-refractivity contribution in [1.29, 1.82) is 0 Å². The molecule has 5 aromatic rings. The summed E-state index contributed by atoms with van der Waals surface area (Å²) in [6.45, 7) is 1.64. The summed E-state index contributed by atoms with van der Waals surface area (Å²) in [5.41, 5.74) is 2.98. The molecular formula is C29H21ClN2O4S. The molecule has 0 spiro atoms. The number of halogens is 1. The van der Waals surface area contributed by atoms with Gasteiger partial charge in [0.15, 0.2) is 6.10 Å². The fraction of sp³-hybridized carbons (Fsp3) is 0.0690. The van der Waals surface area contributed by atoms with Gasteiger partial charge in [-0.25, -0.2) is 10.2 Å². The van der Waals surface area contributed by atoms with Crippen LogP contribution < -0.4 is 14.9 Å². The fourth-order valence-electron chi connectivity index (χ4n) is 3.73. The van der Waals surface area contributed by atoms with Crippen LogP contribution in [0.25, 0.3) is 20.9 Å². The van der Waals surface area contributed by atoms with Crippen LogP contribution in [-0.2, 0) is 4.79 Å². The fourth-order valence-corrected chi connectivity index (χ4v) is 5.11. The Hall–Kier alpha value is -4.20. The maximum Gasteiger partial charge on any atom is 0.355 e. The number of amides is 1. The van der Waals surface area contributed by atoms with Crippen molar-refractivity contribution in [1.82, 2.24) is 5.43 Å². The molecule has 0 unspecified atom stereocenters. The van der Waals surface area contributed by atoms with E-state index in [-0.39, 0.29) is 0 Å². The summed E-state index contributed by atoms with van der Waals surface area (Å²) in [4.78, 5) is 25.7. The van der Waals surface area contributed by atoms with Crippen LogP contribution in [0, 0.1) is 0 Å². The number of fused-ring (bicyclic) bond motifs is 2. The molecule has 1 aromatic heterocycles. The van der Waals surface area contributed by atoms with Gasteiger partial charge >= 0.3 is 5.97 Å². The Morgan fingerprint density at radius 3 is 2.51 bits per heavy atom. The standard InChI is InChI=1S/C29H21ClN2O4S/c1-18(35-22-15-14-19-8-2-3-9-20(19)16-22)28(33)32-31-17-21-10-4-6-12-24(21)36-29(34)27-26(30)23-11-5-7-13-25(23)37-27/h2-18H,1H3,(H,32,33)/b31-17-/t18-/m1/s1. The molecule has 4 aromatic carbocycles. The lowest BCUT2D eigenvalue weighted by molar-refractivity contribution is -0.127. The van der Waals surface area contributed by atoms with Crippen molar-refractivity contribution in [3.63, 3.8) is 0 Å². The first kappa shape index (κ1) is 24.5. The van der Waals surface area contributed by atoms with E-state index in [1.54, 1.807) is 31.2 Å². The quantitative estimate of drug-likeness (QED) is 0.108. The van der Waals surface area contributed by atoms with Gasteiger partial charge in [-0.2, -0.15) is 5.10 Å². The molecule has 0 aliphatic rings. The van der Waals surface area contributed by atoms with Gasteiger partial charge in [-0.05, 0) is 48.0 Å². The van der Waals surface area contributed by atoms with Gasteiger partial charge in [0.1, 0.15) is 16.4 Å². The second-order valence-electron chi connectivity index (χ2n) is 8.17. The van der Waals surface area contributed by atoms with E-state index in [9.17, 15) is 9.59 Å². The average Bonchev–Trinajstić information content (AvgIpc) is 3.26. The van der Waals surface area contributed by atoms with Crippen molar-refractivity contribution in [3.05, 3.63) is 106 Å². The molecule has 1 amide bonds. The number of ether oxygens (including phenoxy) is 2. The molecule has 37 heavy (non-hydrogen) atoms. The summed E-state index contributed by atoms with van der Waals surface area (Å²) in [6.07, 6.45) is 0.636. The Morgan fingerprint density at radius 2 is 1.68 bits per heavy atom. The molecule has 1 atom stereocenters. The number of nitrogens with zero attached hydrogens (tertiary/aromatic N) is 1. The Labute approximate surface area is 222 Å². The molecule has 6 nitrogen and oxygen atoms in total. The molecule has 0 aliphatic carbocycles. The zero-order valence-electron chi connectivity index (χ0n) is 19.7. The lowest BCUT2D eigenvalue weighted by Gasteiger charge is -2.13. The van der Waals surface area contributed by atoms with Crippen molar-refractivity contribution in [2.75, 3.05) is 0 Å². The Balaban J connectivity index is 1.23. The summed E-state index contributed by atoms with van der Waals surface area (Å²) < 4.78 is 12.3. The first-order valence-corrected chi connectivity index (χ1v) is 12.7. The minimum absolute atomic E-state index is 0.291. The van der Waals surface area contributed by atoms with Crippen molar-refractivity contribution < 1.29 is 19.1 Å². The van der Waals surface area contributed by atoms with Gasteiger partial charge < -0.3 is 9.47 Å². The number of hydrogen-bond acceptors (Lipinski definition) is 6. The van der Waals surface area contributed by atoms with Crippen LogP contribution in [0.4, 0.5) is 0 Å². The molecule has 0 fully saturated rings. The summed E-state index contributed by atoms with van der Waals surface area (Å²) >= 11 is 7.69. The number of carbonyl (C=O) groups excluding carboxylic acids is 2. The Bertz CT molecular complexity index is 1650. The van der Waals surface area contributed by atoms with E-state index in [1.807, 2.05) is 66.7 Å². The van der Waals surface area contributed by atoms with Crippen LogP contribution >= 0.6 is 22.9 Å². The molecule has 0 bridgehead atoms. The molecule has 1 heterocycles. The monoisotopic (exact) mass is 528 g/mol. The summed E-state index contributed by atoms with van der Waals surface area (Å²) in [6, 6.07) is 28.0. The Morgan fingerprint density at radius 1 is 0.946 bits per heavy atom. The lowest BCUT2D eigenvalue weighted by atomic mass is 10.1. The topological polar surface area (TPSA) is 77.0 Å². The van der Waals surface area contributed by atoms with Gasteiger partial charge in [-0.15, -0.1) is 11.3 Å². The van der Waals surface area contributed by atoms with E-state index >= 15 is 0 Å². The highest BCUT2D eigenvalue weighted by atomic mass is 35.5. The highest BCUT2D eigenvalue weighted by Crippen LogP contribution is 2.36. The van der Waals surface area contributed by atoms with Gasteiger partial charge in [0.2, 0.25) is 0 Å². The van der Waals surface area contributed by atoms with E-state index in [4.69, 9.17) is 21.1 Å². The molecule has 0 aliphatic heterocycles. The number of hydrogen-bond donors (Lipinski definition) is 1. The number of thiophene rings is 1. The maximum atomic E-state index is 12.9. The van der Waals surface area contributed by atoms with Crippen LogP contribution in [0.15, 0.2) is 96.1 Å². The van der Waals surface area contributed by atoms with E-state index < -0.39 is 18.0 Å². The zero-order chi connectivity index (χ0) is 25.8. The van der Waals surface area contributed by atoms with Gasteiger partial charge in [0.05, 0.1) is 11.2 Å². The Kier molecular flexibility index (Phi) is 7.16. The van der Waals surface area contributed by atoms with Crippen molar-refractivity contribution in [3.8, 4) is 11.5 Å². The minimum Gasteiger partial charge on any atom is -0.481 e. The van der Waals surface area contributed by atoms with Crippen LogP contribution in [0.5, 0.6) is 11.5 Å². The summed E-state index contributed by atoms with van der Waals surface area (Å²) in [5, 5.41) is 7.31. The molecule has 0 saturated heterocycles. The minimum atomic E-state index is -0.776. The molecule has 184 valence electrons. The largest absolute Gasteiger partial charge is 0.481 e. The number of esters is 1. The molecule has 5 rings (SSSR count). The number of hydrazone groups is 1. The highest BCUT2D eigenvalue weighted by Gasteiger charge is 2.20. The average molecular weight is 529 g/mol. The van der Waals surface area contributed by atoms with Crippen LogP contribution in [0.3, 0.4) is 0 Å². The van der Waals surface area contributed by atoms with E-state index in [0.717, 1.165) is 20.9 Å². The van der Waals surface area contributed by atoms with Gasteiger partial charge in [0.25, 0.3) is 5.91 Å². The lowest BCUT2D eigenvalue weighted by Crippen LogP contribution is -2.33. The van der Waals surface area contributed by atoms with Gasteiger partial charge in [-0.1, -0.05) is 72.3 Å². The van der Waals surface area contributed by atoms with Crippen LogP contribution in [-0.4, -0.2) is 24.2 Å². The van der Waals surface area contributed by atoms with Gasteiger partial charge in [-0.3, -0.25) is 4.79 Å². The van der Waals surface area contributed by atoms with Crippen LogP contribution in [0.1, 0.15) is 22.2 Å². The number of carbonyl (C=O) groups is 2. The van der Waals surface area contributed by atoms with Crippen molar-refractivity contribution in [2.24, 2.45) is 5.10 Å². The molecule has 0 saturated carbocycles. The maximum absolute atomic E-state index is 12.9. The van der Waals surface area contributed by atoms with E-state index in [1.165, 1.54) is 17.6 Å². The molecule has 1 N–H and O–H groups in total. The third-order valence-corrected chi connectivity index (χ3v) is 7.28. The number of para-hydroxylation sites is 1. The first-order valence-electron chi connectivity index (χ1n) is 11.5. The van der Waals surface area contributed by atoms with Gasteiger partial charge in [0, 0.05) is 15.6 Å². The summed E-state index contributed by atoms with van der Waals surface area (Å²) in [7, 11) is 0. The predicted octanol–water partition coefficient (Wildman–Crippen LogP) is 6.84. The summed E-state index contributed by atoms with van der Waals surface area (Å²) in [5.74, 6) is -0.105. The molecule has 8 heteroatoms. The predicted molar refractivity (Wildman–Crippen MR) is 148 cm³/mol. The van der Waals surface area contributed by atoms with Crippen LogP contribution in [0.2, 0.25) is 5.02 Å². The van der Waals surface area contributed by atoms with E-state index in [2.05, 4.69) is 10.5 Å². The van der Waals surface area contributed by atoms with Crippen molar-refractivity contribution >= 4 is 61.9 Å². The zero-order valence-corrected chi connectivity index (χ0v) is 21.3. The third-order valence-electron chi connectivity index (χ3n) is 5.62. The highest BCUT2D eigenvalue weighted by molar-refractivity contribution is 7.21. The number of rotatable bonds is 7. The second kappa shape index (κ2) is 10.8. The SMILES string of the molecule is C[C@@H](Oc1ccc2ccccc2c1)C(=O)N/N=C\c1ccccc1OC(=O)c1sc2ccccc2c1Cl. The van der Waals surface area contributed by atoms with Crippen molar-refractivity contribution in [2.45, 2.75) is 13.0 Å². The first-order chi connectivity index (χ1) is 18.0. The normalized spacial score (nSPS) is 12.1. The molecule has 0 radical (unpaired) electrons. The number of benzene rings is 4. The smallest absolute Gasteiger partial charge is 0.355 e. The van der Waals surface area contributed by atoms with E-state index in [0.29, 0.717) is 27.0 Å². The number of nitrogens with one attached hydrogen (secondary N) is 1.